The molecular weight excluding hydrogens is 865 g/mol. The zero-order chi connectivity index (χ0) is 45.8. The number of ketones is 2. The Kier molecular flexibility index (Phi) is 10.0. The Balaban J connectivity index is 1.04. The standard InChI is InChI=1S/C47H52F4O10S2/c1-22-14-26-28-18-32(48)30-16-24(52)9-11-40(30,3)44(28,50)35(54)20-42(26,5)46(22,59)38(57)62-63-39(58)47(61-37(56)34-8-7-13-60-34)23(2)15-27-29-19-33(49)31-17-25(53)10-12-41(31,4)45(29,51)36(55)21-43(27,47)6/h7-13,16-17,22-23,26-29,32-33,35-36,54-55,59H,14-15,18-21H2,1-6H3/t22-,23-,26+,27+,28+,29+,32+,33+,35+,36+,40+,41+,42+,43+,44+,45+,46+,47+/m1/s1. The first kappa shape index (κ1) is 44.9. The van der Waals surface area contributed by atoms with Crippen LogP contribution in [0.5, 0.6) is 0 Å². The van der Waals surface area contributed by atoms with Gasteiger partial charge >= 0.3 is 5.97 Å². The van der Waals surface area contributed by atoms with Crippen LogP contribution < -0.4 is 0 Å². The predicted molar refractivity (Wildman–Crippen MR) is 223 cm³/mol. The maximum Gasteiger partial charge on any atom is 0.375 e. The summed E-state index contributed by atoms with van der Waals surface area (Å²) in [6.07, 6.45) is -0.381. The molecule has 1 aromatic heterocycles. The normalized spacial score (nSPS) is 50.6. The maximum absolute atomic E-state index is 18.1. The highest BCUT2D eigenvalue weighted by Crippen LogP contribution is 2.74. The van der Waals surface area contributed by atoms with Gasteiger partial charge < -0.3 is 24.5 Å². The Bertz CT molecular complexity index is 2330. The summed E-state index contributed by atoms with van der Waals surface area (Å²) in [5.41, 5.74) is -16.0. The lowest BCUT2D eigenvalue weighted by molar-refractivity contribution is -0.221. The molecule has 1 aromatic rings. The third kappa shape index (κ3) is 5.35. The van der Waals surface area contributed by atoms with Crippen LogP contribution in [0.3, 0.4) is 0 Å². The molecule has 0 saturated heterocycles. The van der Waals surface area contributed by atoms with E-state index in [2.05, 4.69) is 0 Å². The minimum Gasteiger partial charge on any atom is -0.457 e. The van der Waals surface area contributed by atoms with Crippen LogP contribution in [0, 0.1) is 57.2 Å². The minimum atomic E-state index is -2.50. The van der Waals surface area contributed by atoms with E-state index < -0.39 is 158 Å². The van der Waals surface area contributed by atoms with E-state index in [-0.39, 0.29) is 29.7 Å². The van der Waals surface area contributed by atoms with Crippen molar-refractivity contribution in [3.63, 3.8) is 0 Å². The number of hydrogen-bond donors (Lipinski definition) is 3. The first-order chi connectivity index (χ1) is 29.3. The van der Waals surface area contributed by atoms with E-state index in [1.165, 1.54) is 44.4 Å². The van der Waals surface area contributed by atoms with Gasteiger partial charge in [-0.3, -0.25) is 19.2 Å². The maximum atomic E-state index is 18.1. The van der Waals surface area contributed by atoms with Gasteiger partial charge in [-0.25, -0.2) is 22.4 Å². The molecule has 340 valence electrons. The Morgan fingerprint density at radius 3 is 1.71 bits per heavy atom. The van der Waals surface area contributed by atoms with Gasteiger partial charge in [0.1, 0.15) is 17.9 Å². The number of esters is 1. The Hall–Kier alpha value is -3.31. The van der Waals surface area contributed by atoms with E-state index >= 15 is 22.4 Å². The van der Waals surface area contributed by atoms with Crippen LogP contribution in [0.15, 0.2) is 70.4 Å². The van der Waals surface area contributed by atoms with E-state index in [9.17, 15) is 34.5 Å². The molecule has 0 aromatic carbocycles. The molecule has 1 heterocycles. The fourth-order valence-corrected chi connectivity index (χ4v) is 17.5. The summed E-state index contributed by atoms with van der Waals surface area (Å²) in [7, 11) is 0.782. The van der Waals surface area contributed by atoms with Crippen LogP contribution in [-0.4, -0.2) is 90.2 Å². The lowest BCUT2D eigenvalue weighted by atomic mass is 9.44. The second-order valence-corrected chi connectivity index (χ2v) is 22.7. The molecule has 8 aliphatic rings. The van der Waals surface area contributed by atoms with Gasteiger partial charge in [-0.1, -0.05) is 39.8 Å². The largest absolute Gasteiger partial charge is 0.457 e. The van der Waals surface area contributed by atoms with Gasteiger partial charge in [0, 0.05) is 39.4 Å². The Morgan fingerprint density at radius 2 is 1.21 bits per heavy atom. The molecule has 16 heteroatoms. The molecule has 0 bridgehead atoms. The number of halogens is 4. The monoisotopic (exact) mass is 916 g/mol. The lowest BCUT2D eigenvalue weighted by Gasteiger charge is -2.63. The van der Waals surface area contributed by atoms with Gasteiger partial charge in [0.25, 0.3) is 0 Å². The summed E-state index contributed by atoms with van der Waals surface area (Å²) in [4.78, 5) is 68.4. The van der Waals surface area contributed by atoms with Gasteiger partial charge in [-0.2, -0.15) is 0 Å². The zero-order valence-corrected chi connectivity index (χ0v) is 37.4. The minimum absolute atomic E-state index is 0.0418. The molecule has 3 N–H and O–H groups in total. The summed E-state index contributed by atoms with van der Waals surface area (Å²) in [6, 6.07) is 2.76. The number of fused-ring (bicyclic) bond motifs is 10. The van der Waals surface area contributed by atoms with E-state index in [1.54, 1.807) is 27.7 Å². The van der Waals surface area contributed by atoms with E-state index in [1.807, 2.05) is 0 Å². The lowest BCUT2D eigenvalue weighted by Crippen LogP contribution is -2.70. The number of aliphatic hydroxyl groups excluding tert-OH is 2. The van der Waals surface area contributed by atoms with Crippen molar-refractivity contribution in [2.24, 2.45) is 57.2 Å². The molecule has 8 aliphatic carbocycles. The highest BCUT2D eigenvalue weighted by molar-refractivity contribution is 8.87. The van der Waals surface area contributed by atoms with E-state index in [0.29, 0.717) is 21.6 Å². The molecule has 0 spiro atoms. The van der Waals surface area contributed by atoms with Crippen molar-refractivity contribution >= 4 is 49.4 Å². The van der Waals surface area contributed by atoms with Crippen LogP contribution in [0.1, 0.15) is 90.6 Å². The number of allylic oxidation sites excluding steroid dienone is 8. The molecule has 0 aliphatic heterocycles. The summed E-state index contributed by atoms with van der Waals surface area (Å²) in [6.45, 7) is 9.30. The number of carbonyl (C=O) groups is 5. The third-order valence-electron chi connectivity index (χ3n) is 18.2. The molecular formula is C47H52F4O10S2. The van der Waals surface area contributed by atoms with Gasteiger partial charge in [0.2, 0.25) is 16.0 Å². The SMILES string of the molecule is C[C@@H]1C[C@H]2[C@@H]3C[C@H](F)C4=CC(=O)C=C[C@]4(C)[C@@]3(F)[C@@H](O)C[C@]2(C)[C@@]1(O)C(=O)SSC(=O)[C@@]1(OC(=O)c2ccco2)[C@H](C)C[C@H]2[C@@H]3C[C@H](F)C4=CC(=O)C=C[C@]4(C)[C@@]3(F)[C@@H](O)C[C@@]21C. The van der Waals surface area contributed by atoms with Crippen LogP contribution in [0.4, 0.5) is 17.6 Å². The van der Waals surface area contributed by atoms with Crippen molar-refractivity contribution in [3.8, 4) is 0 Å². The summed E-state index contributed by atoms with van der Waals surface area (Å²) in [5.74, 6) is -8.14. The van der Waals surface area contributed by atoms with Crippen LogP contribution >= 0.6 is 21.6 Å². The van der Waals surface area contributed by atoms with Crippen molar-refractivity contribution < 1.29 is 66.0 Å². The van der Waals surface area contributed by atoms with Gasteiger partial charge in [-0.05, 0) is 139 Å². The molecule has 6 fully saturated rings. The van der Waals surface area contributed by atoms with E-state index in [0.717, 1.165) is 24.3 Å². The second kappa shape index (κ2) is 14.1. The number of aliphatic hydroxyl groups is 3. The molecule has 63 heavy (non-hydrogen) atoms. The molecule has 6 saturated carbocycles. The van der Waals surface area contributed by atoms with Crippen molar-refractivity contribution in [1.82, 2.24) is 0 Å². The summed E-state index contributed by atoms with van der Waals surface area (Å²) in [5, 5.41) is 34.8. The highest BCUT2D eigenvalue weighted by atomic mass is 33.1. The van der Waals surface area contributed by atoms with Crippen LogP contribution in [-0.2, 0) is 23.9 Å². The van der Waals surface area contributed by atoms with Crippen molar-refractivity contribution in [1.29, 1.82) is 0 Å². The van der Waals surface area contributed by atoms with Crippen LogP contribution in [0.2, 0.25) is 0 Å². The summed E-state index contributed by atoms with van der Waals surface area (Å²) >= 11 is 0. The van der Waals surface area contributed by atoms with Gasteiger partial charge in [0.05, 0.1) is 18.5 Å². The van der Waals surface area contributed by atoms with Crippen molar-refractivity contribution in [3.05, 3.63) is 71.8 Å². The number of ether oxygens (including phenoxy) is 1. The molecule has 0 radical (unpaired) electrons. The highest BCUT2D eigenvalue weighted by Gasteiger charge is 2.80. The molecule has 18 atom stereocenters. The average Bonchev–Trinajstić information content (AvgIpc) is 3.89. The number of hydrogen-bond acceptors (Lipinski definition) is 12. The number of rotatable bonds is 4. The Labute approximate surface area is 370 Å². The smallest absolute Gasteiger partial charge is 0.375 e. The Morgan fingerprint density at radius 1 is 0.730 bits per heavy atom. The molecule has 0 unspecified atom stereocenters. The average molecular weight is 917 g/mol. The van der Waals surface area contributed by atoms with E-state index in [4.69, 9.17) is 9.15 Å². The quantitative estimate of drug-likeness (QED) is 0.155. The van der Waals surface area contributed by atoms with Crippen LogP contribution in [0.25, 0.3) is 0 Å². The number of alkyl halides is 4. The fraction of sp³-hybridized carbons (Fsp3) is 0.638. The third-order valence-corrected chi connectivity index (χ3v) is 20.3. The molecule has 0 amide bonds. The van der Waals surface area contributed by atoms with Crippen molar-refractivity contribution in [2.75, 3.05) is 0 Å². The topological polar surface area (TPSA) is 168 Å². The molecule has 10 nitrogen and oxygen atoms in total. The van der Waals surface area contributed by atoms with Crippen molar-refractivity contribution in [2.45, 2.75) is 127 Å². The predicted octanol–water partition coefficient (Wildman–Crippen LogP) is 7.47. The molecule has 9 rings (SSSR count). The number of carbonyl (C=O) groups excluding carboxylic acids is 5. The fourth-order valence-electron chi connectivity index (χ4n) is 15.0. The first-order valence-corrected chi connectivity index (χ1v) is 23.8. The number of furan rings is 1. The van der Waals surface area contributed by atoms with Gasteiger partial charge in [0.15, 0.2) is 28.5 Å². The zero-order valence-electron chi connectivity index (χ0n) is 35.7. The van der Waals surface area contributed by atoms with Gasteiger partial charge in [-0.15, -0.1) is 0 Å². The second-order valence-electron chi connectivity index (χ2n) is 20.6. The first-order valence-electron chi connectivity index (χ1n) is 21.7. The summed E-state index contributed by atoms with van der Waals surface area (Å²) < 4.78 is 79.8.